The van der Waals surface area contributed by atoms with Gasteiger partial charge in [0.15, 0.2) is 5.13 Å². The lowest BCUT2D eigenvalue weighted by molar-refractivity contribution is -0.316. The number of nitrogens with zero attached hydrogens (tertiary/aromatic N) is 1. The standard InChI is InChI=1S/C11H12N3O4PS/c1-7-2-4-8(5-3-7)9-6-20-11(12-9)13-10(15)14-19(16,17)18/h2-6H,1H3,(H4,12,13,14,15,16,17,18)/p-2. The number of aryl methyl sites for hydroxylation is 1. The fourth-order valence-electron chi connectivity index (χ4n) is 1.44. The molecule has 2 rings (SSSR count). The van der Waals surface area contributed by atoms with Gasteiger partial charge in [-0.2, -0.15) is 0 Å². The van der Waals surface area contributed by atoms with Gasteiger partial charge in [-0.05, 0) is 6.92 Å². The number of anilines is 1. The molecule has 0 saturated heterocycles. The number of rotatable bonds is 3. The maximum atomic E-state index is 11.2. The Balaban J connectivity index is 2.08. The zero-order valence-corrected chi connectivity index (χ0v) is 12.0. The highest BCUT2D eigenvalue weighted by Crippen LogP contribution is 2.25. The lowest BCUT2D eigenvalue weighted by Gasteiger charge is -2.29. The molecular formula is C11H10N3O4PS-2. The molecule has 9 heteroatoms. The Labute approximate surface area is 118 Å². The van der Waals surface area contributed by atoms with E-state index in [0.29, 0.717) is 5.69 Å². The number of aromatic nitrogens is 1. The number of thiazole rings is 1. The van der Waals surface area contributed by atoms with E-state index in [1.807, 2.05) is 31.2 Å². The van der Waals surface area contributed by atoms with Crippen LogP contribution in [0.3, 0.4) is 0 Å². The van der Waals surface area contributed by atoms with Crippen LogP contribution in [0.1, 0.15) is 5.56 Å². The van der Waals surface area contributed by atoms with Gasteiger partial charge >= 0.3 is 6.03 Å². The normalized spacial score (nSPS) is 11.2. The lowest BCUT2D eigenvalue weighted by Crippen LogP contribution is -2.35. The van der Waals surface area contributed by atoms with E-state index >= 15 is 0 Å². The number of carbonyl (C=O) groups is 1. The molecule has 0 bridgehead atoms. The summed E-state index contributed by atoms with van der Waals surface area (Å²) in [7, 11) is -5.10. The SMILES string of the molecule is Cc1ccc(-c2csc(NC(=O)NP(=O)([O-])[O-])n2)cc1. The van der Waals surface area contributed by atoms with E-state index in [4.69, 9.17) is 0 Å². The highest BCUT2D eigenvalue weighted by atomic mass is 32.1. The molecule has 1 aromatic carbocycles. The molecule has 1 aromatic heterocycles. The molecule has 7 nitrogen and oxygen atoms in total. The summed E-state index contributed by atoms with van der Waals surface area (Å²) in [5.41, 5.74) is 2.64. The first-order valence-electron chi connectivity index (χ1n) is 5.47. The number of hydrogen-bond acceptors (Lipinski definition) is 6. The number of benzene rings is 1. The molecule has 106 valence electrons. The number of amides is 2. The fraction of sp³-hybridized carbons (Fsp3) is 0.0909. The van der Waals surface area contributed by atoms with Crippen LogP contribution in [0.2, 0.25) is 0 Å². The zero-order chi connectivity index (χ0) is 14.8. The number of nitrogens with one attached hydrogen (secondary N) is 2. The maximum Gasteiger partial charge on any atom is 0.324 e. The predicted octanol–water partition coefficient (Wildman–Crippen LogP) is 1.07. The summed E-state index contributed by atoms with van der Waals surface area (Å²) in [6.07, 6.45) is 0. The van der Waals surface area contributed by atoms with Crippen molar-refractivity contribution in [1.82, 2.24) is 10.1 Å². The highest BCUT2D eigenvalue weighted by molar-refractivity contribution is 7.47. The fourth-order valence-corrected chi connectivity index (χ4v) is 2.46. The van der Waals surface area contributed by atoms with E-state index in [1.165, 1.54) is 5.09 Å². The Bertz CT molecular complexity index is 665. The predicted molar refractivity (Wildman–Crippen MR) is 72.0 cm³/mol. The van der Waals surface area contributed by atoms with Gasteiger partial charge in [0.25, 0.3) is 0 Å². The summed E-state index contributed by atoms with van der Waals surface area (Å²) in [6, 6.07) is 6.51. The van der Waals surface area contributed by atoms with Gasteiger partial charge < -0.3 is 19.4 Å². The molecule has 0 saturated carbocycles. The molecule has 0 aliphatic carbocycles. The molecule has 2 amide bonds. The molecule has 2 aromatic rings. The molecule has 0 aliphatic rings. The van der Waals surface area contributed by atoms with E-state index in [2.05, 4.69) is 10.3 Å². The molecular weight excluding hydrogens is 301 g/mol. The number of hydrogen-bond donors (Lipinski definition) is 2. The minimum absolute atomic E-state index is 0.200. The Hall–Kier alpha value is -1.73. The lowest BCUT2D eigenvalue weighted by atomic mass is 10.1. The van der Waals surface area contributed by atoms with E-state index < -0.39 is 13.8 Å². The first kappa shape index (κ1) is 14.7. The van der Waals surface area contributed by atoms with E-state index in [-0.39, 0.29) is 5.13 Å². The van der Waals surface area contributed by atoms with Crippen LogP contribution >= 0.6 is 19.1 Å². The third-order valence-electron chi connectivity index (χ3n) is 2.31. The molecule has 0 spiro atoms. The van der Waals surface area contributed by atoms with Crippen LogP contribution in [0, 0.1) is 6.92 Å². The van der Waals surface area contributed by atoms with Gasteiger partial charge in [0.1, 0.15) is 0 Å². The second kappa shape index (κ2) is 5.72. The zero-order valence-electron chi connectivity index (χ0n) is 10.3. The topological polar surface area (TPSA) is 117 Å². The van der Waals surface area contributed by atoms with Crippen LogP contribution in [-0.4, -0.2) is 11.0 Å². The van der Waals surface area contributed by atoms with Gasteiger partial charge in [0, 0.05) is 18.7 Å². The van der Waals surface area contributed by atoms with Crippen molar-refractivity contribution in [3.63, 3.8) is 0 Å². The third kappa shape index (κ3) is 4.14. The first-order valence-corrected chi connectivity index (χ1v) is 7.89. The monoisotopic (exact) mass is 311 g/mol. The molecule has 1 heterocycles. The third-order valence-corrected chi connectivity index (χ3v) is 3.55. The summed E-state index contributed by atoms with van der Waals surface area (Å²) in [5, 5.41) is 5.39. The second-order valence-electron chi connectivity index (χ2n) is 3.97. The highest BCUT2D eigenvalue weighted by Gasteiger charge is 2.08. The summed E-state index contributed by atoms with van der Waals surface area (Å²) < 4.78 is 10.4. The number of urea groups is 1. The largest absolute Gasteiger partial charge is 0.795 e. The van der Waals surface area contributed by atoms with Crippen molar-refractivity contribution in [2.24, 2.45) is 0 Å². The van der Waals surface area contributed by atoms with Gasteiger partial charge in [0.05, 0.1) is 5.69 Å². The van der Waals surface area contributed by atoms with Crippen molar-refractivity contribution in [3.8, 4) is 11.3 Å². The number of carbonyl (C=O) groups excluding carboxylic acids is 1. The van der Waals surface area contributed by atoms with Gasteiger partial charge in [-0.25, -0.2) is 9.78 Å². The summed E-state index contributed by atoms with van der Waals surface area (Å²) in [6.45, 7) is 1.96. The minimum atomic E-state index is -5.10. The molecule has 0 fully saturated rings. The van der Waals surface area contributed by atoms with Crippen LogP contribution in [-0.2, 0) is 4.57 Å². The molecule has 0 aliphatic heterocycles. The van der Waals surface area contributed by atoms with Crippen molar-refractivity contribution >= 4 is 30.2 Å². The second-order valence-corrected chi connectivity index (χ2v) is 6.04. The summed E-state index contributed by atoms with van der Waals surface area (Å²) >= 11 is 1.13. The van der Waals surface area contributed by atoms with Gasteiger partial charge in [-0.15, -0.1) is 11.3 Å². The van der Waals surface area contributed by atoms with Gasteiger partial charge in [-0.1, -0.05) is 29.8 Å². The average Bonchev–Trinajstić information content (AvgIpc) is 2.75. The smallest absolute Gasteiger partial charge is 0.324 e. The van der Waals surface area contributed by atoms with Crippen molar-refractivity contribution in [2.45, 2.75) is 6.92 Å². The Kier molecular flexibility index (Phi) is 4.20. The van der Waals surface area contributed by atoms with Crippen molar-refractivity contribution in [1.29, 1.82) is 0 Å². The average molecular weight is 311 g/mol. The minimum Gasteiger partial charge on any atom is -0.795 e. The van der Waals surface area contributed by atoms with Crippen LogP contribution in [0.25, 0.3) is 11.3 Å². The van der Waals surface area contributed by atoms with Crippen LogP contribution < -0.4 is 20.2 Å². The van der Waals surface area contributed by atoms with Crippen LogP contribution in [0.4, 0.5) is 9.93 Å². The van der Waals surface area contributed by atoms with Gasteiger partial charge in [0.2, 0.25) is 0 Å². The van der Waals surface area contributed by atoms with Crippen LogP contribution in [0.15, 0.2) is 29.6 Å². The molecule has 0 atom stereocenters. The quantitative estimate of drug-likeness (QED) is 0.822. The Morgan fingerprint density at radius 3 is 2.55 bits per heavy atom. The van der Waals surface area contributed by atoms with Gasteiger partial charge in [-0.3, -0.25) is 5.32 Å². The van der Waals surface area contributed by atoms with E-state index in [1.54, 1.807) is 5.38 Å². The molecule has 0 radical (unpaired) electrons. The van der Waals surface area contributed by atoms with E-state index in [9.17, 15) is 19.1 Å². The molecule has 20 heavy (non-hydrogen) atoms. The van der Waals surface area contributed by atoms with Crippen molar-refractivity contribution in [3.05, 3.63) is 35.2 Å². The van der Waals surface area contributed by atoms with Crippen molar-refractivity contribution < 1.29 is 19.1 Å². The summed E-state index contributed by atoms with van der Waals surface area (Å²) in [5.74, 6) is 0. The molecule has 2 N–H and O–H groups in total. The van der Waals surface area contributed by atoms with Crippen molar-refractivity contribution in [2.75, 3.05) is 5.32 Å². The first-order chi connectivity index (χ1) is 9.33. The van der Waals surface area contributed by atoms with Crippen LogP contribution in [0.5, 0.6) is 0 Å². The maximum absolute atomic E-state index is 11.2. The Morgan fingerprint density at radius 1 is 1.30 bits per heavy atom. The Morgan fingerprint density at radius 2 is 1.95 bits per heavy atom. The molecule has 0 unspecified atom stereocenters. The summed E-state index contributed by atoms with van der Waals surface area (Å²) in [4.78, 5) is 36.1. The van der Waals surface area contributed by atoms with E-state index in [0.717, 1.165) is 22.5 Å².